The molecular formula is C11H16N5O4S+. The highest BCUT2D eigenvalue weighted by Crippen LogP contribution is 2.26. The average molecular weight is 314 g/mol. The summed E-state index contributed by atoms with van der Waals surface area (Å²) >= 11 is 5.18. The molecule has 3 rings (SSSR count). The molecule has 4 atom stereocenters. The van der Waals surface area contributed by atoms with Crippen LogP contribution in [0.2, 0.25) is 0 Å². The Kier molecular flexibility index (Phi) is 3.42. The molecule has 21 heavy (non-hydrogen) atoms. The number of nitrogens with two attached hydrogens (primary N) is 1. The number of aromatic amines is 1. The summed E-state index contributed by atoms with van der Waals surface area (Å²) in [7, 11) is 1.77. The predicted molar refractivity (Wildman–Crippen MR) is 73.5 cm³/mol. The van der Waals surface area contributed by atoms with E-state index in [4.69, 9.17) is 27.8 Å². The zero-order chi connectivity index (χ0) is 15.3. The molecule has 1 aliphatic heterocycles. The van der Waals surface area contributed by atoms with Crippen LogP contribution in [0.3, 0.4) is 0 Å². The standard InChI is InChI=1S/C11H15N5O4S/c1-15-3-16(8-5(15)9(21)14-11(12)13-8)10-7(19)6(18)4(2-17)20-10/h3-4,6-7,10,17-19H,2H2,1H3,(H2-,12,13,14,21)/p+1/t4-,6+,7-,10-/m1/s1. The summed E-state index contributed by atoms with van der Waals surface area (Å²) in [5, 5.41) is 29.1. The lowest BCUT2D eigenvalue weighted by molar-refractivity contribution is -0.745. The first-order valence-electron chi connectivity index (χ1n) is 6.32. The summed E-state index contributed by atoms with van der Waals surface area (Å²) < 4.78 is 9.11. The van der Waals surface area contributed by atoms with E-state index in [1.54, 1.807) is 22.5 Å². The Bertz CT molecular complexity index is 744. The summed E-state index contributed by atoms with van der Waals surface area (Å²) in [6, 6.07) is 0. The van der Waals surface area contributed by atoms with E-state index in [-0.39, 0.29) is 12.6 Å². The molecule has 10 heteroatoms. The number of ether oxygens (including phenoxy) is 1. The normalized spacial score (nSPS) is 29.3. The van der Waals surface area contributed by atoms with Crippen LogP contribution in [0.4, 0.5) is 5.95 Å². The first kappa shape index (κ1) is 14.4. The molecule has 6 N–H and O–H groups in total. The molecule has 114 valence electrons. The van der Waals surface area contributed by atoms with Crippen LogP contribution < -0.4 is 10.3 Å². The van der Waals surface area contributed by atoms with Crippen LogP contribution in [0.5, 0.6) is 0 Å². The molecule has 0 spiro atoms. The number of aliphatic hydroxyl groups excluding tert-OH is 3. The van der Waals surface area contributed by atoms with Crippen molar-refractivity contribution in [1.82, 2.24) is 14.5 Å². The second kappa shape index (κ2) is 5.00. The summed E-state index contributed by atoms with van der Waals surface area (Å²) in [5.74, 6) is 0.138. The Hall–Kier alpha value is -1.59. The van der Waals surface area contributed by atoms with Gasteiger partial charge in [-0.15, -0.1) is 0 Å². The number of aryl methyl sites for hydroxylation is 1. The number of nitrogen functional groups attached to an aromatic ring is 1. The van der Waals surface area contributed by atoms with Crippen LogP contribution >= 0.6 is 12.2 Å². The first-order valence-corrected chi connectivity index (χ1v) is 6.73. The quantitative estimate of drug-likeness (QED) is 0.323. The van der Waals surface area contributed by atoms with Crippen molar-refractivity contribution < 1.29 is 24.6 Å². The van der Waals surface area contributed by atoms with Crippen LogP contribution in [-0.2, 0) is 11.8 Å². The maximum atomic E-state index is 10.1. The maximum Gasteiger partial charge on any atom is 0.273 e. The van der Waals surface area contributed by atoms with Gasteiger partial charge in [-0.2, -0.15) is 4.98 Å². The van der Waals surface area contributed by atoms with Gasteiger partial charge in [-0.05, 0) is 0 Å². The van der Waals surface area contributed by atoms with Crippen molar-refractivity contribution >= 4 is 29.3 Å². The van der Waals surface area contributed by atoms with Crippen molar-refractivity contribution in [1.29, 1.82) is 0 Å². The molecule has 9 nitrogen and oxygen atoms in total. The van der Waals surface area contributed by atoms with Crippen molar-refractivity contribution in [3.63, 3.8) is 0 Å². The molecule has 1 saturated heterocycles. The van der Waals surface area contributed by atoms with Gasteiger partial charge in [0.25, 0.3) is 11.6 Å². The Morgan fingerprint density at radius 3 is 2.86 bits per heavy atom. The molecule has 0 saturated carbocycles. The van der Waals surface area contributed by atoms with Crippen molar-refractivity contribution in [2.75, 3.05) is 12.3 Å². The Morgan fingerprint density at radius 2 is 2.24 bits per heavy atom. The van der Waals surface area contributed by atoms with Crippen LogP contribution in [-0.4, -0.2) is 54.8 Å². The van der Waals surface area contributed by atoms with Crippen molar-refractivity contribution in [3.05, 3.63) is 11.0 Å². The highest BCUT2D eigenvalue weighted by atomic mass is 32.1. The number of rotatable bonds is 2. The minimum absolute atomic E-state index is 0.138. The molecule has 1 fully saturated rings. The van der Waals surface area contributed by atoms with Gasteiger partial charge in [0.2, 0.25) is 11.7 Å². The third-order valence-corrected chi connectivity index (χ3v) is 3.88. The number of nitrogens with one attached hydrogen (secondary N) is 1. The molecular weight excluding hydrogens is 298 g/mol. The number of hydrogen-bond donors (Lipinski definition) is 5. The average Bonchev–Trinajstić information content (AvgIpc) is 2.89. The molecule has 0 bridgehead atoms. The molecule has 2 aromatic heterocycles. The van der Waals surface area contributed by atoms with Gasteiger partial charge in [-0.25, -0.2) is 9.55 Å². The van der Waals surface area contributed by atoms with Gasteiger partial charge in [0.05, 0.1) is 13.7 Å². The number of nitrogens with zero attached hydrogens (tertiary/aromatic N) is 3. The number of aliphatic hydroxyl groups is 3. The minimum Gasteiger partial charge on any atom is -0.394 e. The SMILES string of the molecule is Cn1c[n+]([C@@H]2O[C@H](CO)[C@H](O)[C@H]2O)c2[nH]c(N)nc(=S)c21. The molecule has 2 aromatic rings. The van der Waals surface area contributed by atoms with Gasteiger partial charge in [-0.1, -0.05) is 12.2 Å². The number of H-pyrrole nitrogens is 1. The first-order chi connectivity index (χ1) is 9.93. The molecule has 0 radical (unpaired) electrons. The van der Waals surface area contributed by atoms with Gasteiger partial charge >= 0.3 is 0 Å². The van der Waals surface area contributed by atoms with Gasteiger partial charge in [0.1, 0.15) is 18.3 Å². The summed E-state index contributed by atoms with van der Waals surface area (Å²) in [6.45, 7) is -0.389. The van der Waals surface area contributed by atoms with E-state index < -0.39 is 24.5 Å². The van der Waals surface area contributed by atoms with E-state index in [9.17, 15) is 10.2 Å². The zero-order valence-electron chi connectivity index (χ0n) is 11.2. The second-order valence-electron chi connectivity index (χ2n) is 4.99. The molecule has 0 unspecified atom stereocenters. The Balaban J connectivity index is 2.16. The van der Waals surface area contributed by atoms with E-state index >= 15 is 0 Å². The van der Waals surface area contributed by atoms with Crippen LogP contribution in [0.15, 0.2) is 6.33 Å². The third-order valence-electron chi connectivity index (χ3n) is 3.60. The summed E-state index contributed by atoms with van der Waals surface area (Å²) in [5.41, 5.74) is 6.81. The van der Waals surface area contributed by atoms with Crippen LogP contribution in [0.25, 0.3) is 11.2 Å². The molecule has 0 amide bonds. The molecule has 3 heterocycles. The number of fused-ring (bicyclic) bond motifs is 1. The fraction of sp³-hybridized carbons (Fsp3) is 0.545. The molecule has 0 aliphatic carbocycles. The van der Waals surface area contributed by atoms with Crippen molar-refractivity contribution in [3.8, 4) is 0 Å². The van der Waals surface area contributed by atoms with E-state index in [1.165, 1.54) is 0 Å². The van der Waals surface area contributed by atoms with Gasteiger partial charge < -0.3 is 25.8 Å². The Morgan fingerprint density at radius 1 is 1.52 bits per heavy atom. The third kappa shape index (κ3) is 2.12. The summed E-state index contributed by atoms with van der Waals surface area (Å²) in [4.78, 5) is 6.85. The van der Waals surface area contributed by atoms with E-state index in [1.807, 2.05) is 0 Å². The van der Waals surface area contributed by atoms with Crippen molar-refractivity contribution in [2.45, 2.75) is 24.5 Å². The van der Waals surface area contributed by atoms with Gasteiger partial charge in [0.15, 0.2) is 11.0 Å². The van der Waals surface area contributed by atoms with E-state index in [2.05, 4.69) is 9.97 Å². The highest BCUT2D eigenvalue weighted by molar-refractivity contribution is 7.71. The largest absolute Gasteiger partial charge is 0.394 e. The number of anilines is 1. The monoisotopic (exact) mass is 314 g/mol. The highest BCUT2D eigenvalue weighted by Gasteiger charge is 2.46. The number of hydrogen-bond acceptors (Lipinski definition) is 7. The van der Waals surface area contributed by atoms with Crippen LogP contribution in [0.1, 0.15) is 6.23 Å². The smallest absolute Gasteiger partial charge is 0.273 e. The lowest BCUT2D eigenvalue weighted by atomic mass is 10.1. The van der Waals surface area contributed by atoms with E-state index in [0.29, 0.717) is 15.8 Å². The summed E-state index contributed by atoms with van der Waals surface area (Å²) in [6.07, 6.45) is -2.43. The van der Waals surface area contributed by atoms with Gasteiger partial charge in [-0.3, -0.25) is 4.57 Å². The fourth-order valence-corrected chi connectivity index (χ4v) is 2.92. The maximum absolute atomic E-state index is 10.1. The number of imidazole rings is 1. The lowest BCUT2D eigenvalue weighted by Gasteiger charge is -2.12. The van der Waals surface area contributed by atoms with E-state index in [0.717, 1.165) is 0 Å². The topological polar surface area (TPSA) is 133 Å². The lowest BCUT2D eigenvalue weighted by Crippen LogP contribution is -2.46. The number of aromatic nitrogens is 4. The molecule has 1 aliphatic rings. The van der Waals surface area contributed by atoms with Crippen LogP contribution in [0, 0.1) is 4.64 Å². The van der Waals surface area contributed by atoms with Gasteiger partial charge in [0, 0.05) is 0 Å². The predicted octanol–water partition coefficient (Wildman–Crippen LogP) is -1.89. The zero-order valence-corrected chi connectivity index (χ0v) is 12.0. The minimum atomic E-state index is -1.19. The molecule has 0 aromatic carbocycles. The fourth-order valence-electron chi connectivity index (χ4n) is 2.58. The second-order valence-corrected chi connectivity index (χ2v) is 5.37. The Labute approximate surface area is 124 Å². The van der Waals surface area contributed by atoms with Crippen molar-refractivity contribution in [2.24, 2.45) is 7.05 Å².